The highest BCUT2D eigenvalue weighted by atomic mass is 32.1. The van der Waals surface area contributed by atoms with E-state index in [1.807, 2.05) is 6.92 Å². The Morgan fingerprint density at radius 3 is 2.70 bits per heavy atom. The van der Waals surface area contributed by atoms with E-state index in [-0.39, 0.29) is 36.6 Å². The van der Waals surface area contributed by atoms with Gasteiger partial charge in [0.05, 0.1) is 11.3 Å². The molecule has 0 atom stereocenters. The molecular weight excluding hydrogens is 368 g/mol. The molecule has 0 saturated heterocycles. The fourth-order valence-corrected chi connectivity index (χ4v) is 3.41. The van der Waals surface area contributed by atoms with Gasteiger partial charge in [0, 0.05) is 29.5 Å². The summed E-state index contributed by atoms with van der Waals surface area (Å²) in [6, 6.07) is 7.87. The summed E-state index contributed by atoms with van der Waals surface area (Å²) in [5.74, 6) is -0.569. The Bertz CT molecular complexity index is 1030. The molecule has 27 heavy (non-hydrogen) atoms. The fraction of sp³-hybridized carbons (Fsp3) is 0.250. The van der Waals surface area contributed by atoms with Crippen molar-refractivity contribution in [1.82, 2.24) is 0 Å². The van der Waals surface area contributed by atoms with E-state index in [2.05, 4.69) is 0 Å². The number of thiophene rings is 1. The summed E-state index contributed by atoms with van der Waals surface area (Å²) in [5.41, 5.74) is 0.834. The largest absolute Gasteiger partial charge is 0.508 e. The van der Waals surface area contributed by atoms with E-state index in [1.54, 1.807) is 23.6 Å². The highest BCUT2D eigenvalue weighted by molar-refractivity contribution is 7.12. The number of ketones is 1. The van der Waals surface area contributed by atoms with E-state index < -0.39 is 11.6 Å². The van der Waals surface area contributed by atoms with Crippen molar-refractivity contribution < 1.29 is 23.8 Å². The van der Waals surface area contributed by atoms with Gasteiger partial charge < -0.3 is 14.3 Å². The first-order valence-corrected chi connectivity index (χ1v) is 9.37. The van der Waals surface area contributed by atoms with Gasteiger partial charge in [-0.1, -0.05) is 13.0 Å². The zero-order valence-corrected chi connectivity index (χ0v) is 15.5. The highest BCUT2D eigenvalue weighted by Crippen LogP contribution is 2.27. The Morgan fingerprint density at radius 1 is 1.19 bits per heavy atom. The molecular formula is C20H18O6S. The molecule has 0 radical (unpaired) electrons. The molecule has 0 fully saturated rings. The first-order chi connectivity index (χ1) is 13.0. The Kier molecular flexibility index (Phi) is 5.71. The third-order valence-corrected chi connectivity index (χ3v) is 5.06. The van der Waals surface area contributed by atoms with Crippen molar-refractivity contribution in [3.8, 4) is 5.75 Å². The third-order valence-electron chi connectivity index (χ3n) is 4.15. The molecule has 0 saturated carbocycles. The maximum Gasteiger partial charge on any atom is 0.336 e. The maximum absolute atomic E-state index is 12.0. The van der Waals surface area contributed by atoms with Crippen LogP contribution in [0.15, 0.2) is 44.9 Å². The number of fused-ring (bicyclic) bond motifs is 1. The number of carbonyl (C=O) groups is 2. The Morgan fingerprint density at radius 2 is 2.00 bits per heavy atom. The summed E-state index contributed by atoms with van der Waals surface area (Å²) < 4.78 is 10.3. The van der Waals surface area contributed by atoms with Crippen molar-refractivity contribution in [2.24, 2.45) is 0 Å². The molecule has 6 nitrogen and oxygen atoms in total. The van der Waals surface area contributed by atoms with Crippen LogP contribution in [-0.4, -0.2) is 16.9 Å². The number of rotatable bonds is 7. The van der Waals surface area contributed by atoms with Gasteiger partial charge >= 0.3 is 11.6 Å². The minimum atomic E-state index is -0.593. The van der Waals surface area contributed by atoms with Crippen LogP contribution in [-0.2, 0) is 22.6 Å². The van der Waals surface area contributed by atoms with Crippen LogP contribution in [0.4, 0.5) is 0 Å². The van der Waals surface area contributed by atoms with Gasteiger partial charge in [0.15, 0.2) is 5.78 Å². The Hall–Kier alpha value is -2.93. The van der Waals surface area contributed by atoms with E-state index in [1.165, 1.54) is 23.5 Å². The van der Waals surface area contributed by atoms with Gasteiger partial charge in [-0.3, -0.25) is 9.59 Å². The summed E-state index contributed by atoms with van der Waals surface area (Å²) in [6.45, 7) is 1.78. The predicted molar refractivity (Wildman–Crippen MR) is 101 cm³/mol. The quantitative estimate of drug-likeness (QED) is 0.377. The van der Waals surface area contributed by atoms with E-state index in [9.17, 15) is 19.5 Å². The molecule has 3 rings (SSSR count). The lowest BCUT2D eigenvalue weighted by molar-refractivity contribution is -0.144. The smallest absolute Gasteiger partial charge is 0.336 e. The monoisotopic (exact) mass is 386 g/mol. The van der Waals surface area contributed by atoms with Gasteiger partial charge in [0.1, 0.15) is 17.9 Å². The zero-order valence-electron chi connectivity index (χ0n) is 14.7. The molecule has 0 aliphatic rings. The average molecular weight is 386 g/mol. The summed E-state index contributed by atoms with van der Waals surface area (Å²) in [7, 11) is 0. The van der Waals surface area contributed by atoms with Crippen LogP contribution in [0, 0.1) is 0 Å². The number of carbonyl (C=O) groups excluding carboxylic acids is 2. The van der Waals surface area contributed by atoms with Gasteiger partial charge in [-0.15, -0.1) is 11.3 Å². The lowest BCUT2D eigenvalue weighted by atomic mass is 10.0. The molecule has 3 aromatic rings. The topological polar surface area (TPSA) is 93.8 Å². The number of ether oxygens (including phenoxy) is 1. The van der Waals surface area contributed by atoms with Crippen molar-refractivity contribution >= 4 is 34.1 Å². The number of benzene rings is 1. The third kappa shape index (κ3) is 4.43. The molecule has 2 aromatic heterocycles. The van der Waals surface area contributed by atoms with E-state index >= 15 is 0 Å². The second-order valence-corrected chi connectivity index (χ2v) is 6.93. The van der Waals surface area contributed by atoms with Crippen molar-refractivity contribution in [3.63, 3.8) is 0 Å². The Labute approximate surface area is 159 Å². The lowest BCUT2D eigenvalue weighted by Gasteiger charge is -2.09. The molecule has 0 aliphatic heterocycles. The minimum absolute atomic E-state index is 0.0307. The van der Waals surface area contributed by atoms with Gasteiger partial charge in [0.2, 0.25) is 0 Å². The van der Waals surface area contributed by atoms with Crippen LogP contribution in [0.2, 0.25) is 0 Å². The van der Waals surface area contributed by atoms with Crippen LogP contribution >= 0.6 is 11.3 Å². The van der Waals surface area contributed by atoms with Gasteiger partial charge in [0.25, 0.3) is 0 Å². The first-order valence-electron chi connectivity index (χ1n) is 8.49. The predicted octanol–water partition coefficient (Wildman–Crippen LogP) is 3.83. The number of aromatic hydroxyl groups is 1. The van der Waals surface area contributed by atoms with E-state index in [4.69, 9.17) is 9.15 Å². The van der Waals surface area contributed by atoms with Crippen LogP contribution in [0.1, 0.15) is 40.6 Å². The van der Waals surface area contributed by atoms with Crippen molar-refractivity contribution in [3.05, 3.63) is 62.1 Å². The molecule has 0 amide bonds. The molecule has 1 aromatic carbocycles. The number of hydrogen-bond acceptors (Lipinski definition) is 7. The maximum atomic E-state index is 12.0. The summed E-state index contributed by atoms with van der Waals surface area (Å²) >= 11 is 1.33. The lowest BCUT2D eigenvalue weighted by Crippen LogP contribution is -2.09. The van der Waals surface area contributed by atoms with Crippen molar-refractivity contribution in [2.45, 2.75) is 32.8 Å². The van der Waals surface area contributed by atoms with Crippen LogP contribution in [0.3, 0.4) is 0 Å². The molecule has 140 valence electrons. The SMILES string of the molecule is CCc1cc2c(COC(=O)CCC(=O)c3cccs3)cc(=O)oc2cc1O. The number of Topliss-reactive ketones (excluding diaryl/α,β-unsaturated/α-hetero) is 1. The van der Waals surface area contributed by atoms with Gasteiger partial charge in [-0.2, -0.15) is 0 Å². The summed E-state index contributed by atoms with van der Waals surface area (Å²) in [6.07, 6.45) is 0.646. The van der Waals surface area contributed by atoms with Crippen LogP contribution in [0.5, 0.6) is 5.75 Å². The summed E-state index contributed by atoms with van der Waals surface area (Å²) in [4.78, 5) is 36.2. The minimum Gasteiger partial charge on any atom is -0.508 e. The Balaban J connectivity index is 1.69. The number of hydrogen-bond donors (Lipinski definition) is 1. The van der Waals surface area contributed by atoms with Gasteiger partial charge in [-0.25, -0.2) is 4.79 Å². The van der Waals surface area contributed by atoms with E-state index in [0.29, 0.717) is 27.8 Å². The number of phenols is 1. The molecule has 2 heterocycles. The molecule has 0 spiro atoms. The second kappa shape index (κ2) is 8.18. The molecule has 7 heteroatoms. The standard InChI is InChI=1S/C20H18O6S/c1-2-12-8-14-13(9-20(24)26-17(14)10-16(12)22)11-25-19(23)6-5-15(21)18-4-3-7-27-18/h3-4,7-10,22H,2,5-6,11H2,1H3. The number of phenolic OH excluding ortho intramolecular Hbond substituents is 1. The zero-order chi connectivity index (χ0) is 19.4. The fourth-order valence-electron chi connectivity index (χ4n) is 2.72. The molecule has 0 bridgehead atoms. The van der Waals surface area contributed by atoms with Gasteiger partial charge in [-0.05, 0) is 29.5 Å². The molecule has 0 unspecified atom stereocenters. The molecule has 1 N–H and O–H groups in total. The average Bonchev–Trinajstić information content (AvgIpc) is 3.18. The van der Waals surface area contributed by atoms with Crippen molar-refractivity contribution in [2.75, 3.05) is 0 Å². The number of esters is 1. The first kappa shape index (κ1) is 18.8. The molecule has 0 aliphatic carbocycles. The highest BCUT2D eigenvalue weighted by Gasteiger charge is 2.14. The van der Waals surface area contributed by atoms with Crippen LogP contribution < -0.4 is 5.63 Å². The van der Waals surface area contributed by atoms with Crippen LogP contribution in [0.25, 0.3) is 11.0 Å². The second-order valence-electron chi connectivity index (χ2n) is 5.98. The van der Waals surface area contributed by atoms with Crippen molar-refractivity contribution in [1.29, 1.82) is 0 Å². The van der Waals surface area contributed by atoms with E-state index in [0.717, 1.165) is 0 Å². The normalized spacial score (nSPS) is 10.9. The number of aryl methyl sites for hydroxylation is 1. The summed E-state index contributed by atoms with van der Waals surface area (Å²) in [5, 5.41) is 12.3.